The molecule has 0 heterocycles. The van der Waals surface area contributed by atoms with Crippen molar-refractivity contribution in [3.8, 4) is 5.75 Å². The highest BCUT2D eigenvalue weighted by molar-refractivity contribution is 5.93. The van der Waals surface area contributed by atoms with Gasteiger partial charge in [0.25, 0.3) is 0 Å². The molecule has 1 rings (SSSR count). The highest BCUT2D eigenvalue weighted by Gasteiger charge is 2.21. The van der Waals surface area contributed by atoms with Crippen molar-refractivity contribution in [3.05, 3.63) is 24.3 Å². The van der Waals surface area contributed by atoms with Crippen LogP contribution in [0.4, 0.5) is 10.5 Å². The van der Waals surface area contributed by atoms with Crippen LogP contribution in [0, 0.1) is 0 Å². The van der Waals surface area contributed by atoms with Gasteiger partial charge in [0.1, 0.15) is 11.8 Å². The lowest BCUT2D eigenvalue weighted by atomic mass is 10.1. The SMILES string of the molecule is COc1ccccc1NC(=O)N[C@@H](CCC(=O)O)C(=O)O. The molecular weight excluding hydrogens is 280 g/mol. The summed E-state index contributed by atoms with van der Waals surface area (Å²) in [6.45, 7) is 0. The minimum absolute atomic E-state index is 0.204. The van der Waals surface area contributed by atoms with Crippen LogP contribution in [-0.4, -0.2) is 41.3 Å². The molecule has 0 aliphatic heterocycles. The molecule has 0 saturated carbocycles. The predicted molar refractivity (Wildman–Crippen MR) is 73.4 cm³/mol. The van der Waals surface area contributed by atoms with Gasteiger partial charge in [-0.3, -0.25) is 4.79 Å². The monoisotopic (exact) mass is 296 g/mol. The minimum atomic E-state index is -1.30. The molecule has 8 heteroatoms. The Hall–Kier alpha value is -2.77. The van der Waals surface area contributed by atoms with Crippen LogP contribution in [-0.2, 0) is 9.59 Å². The van der Waals surface area contributed by atoms with Gasteiger partial charge in [-0.15, -0.1) is 0 Å². The van der Waals surface area contributed by atoms with Crippen LogP contribution in [0.25, 0.3) is 0 Å². The lowest BCUT2D eigenvalue weighted by Crippen LogP contribution is -2.43. The molecule has 0 bridgehead atoms. The summed E-state index contributed by atoms with van der Waals surface area (Å²) >= 11 is 0. The Bertz CT molecular complexity index is 531. The fraction of sp³-hybridized carbons (Fsp3) is 0.308. The maximum atomic E-state index is 11.8. The van der Waals surface area contributed by atoms with E-state index in [-0.39, 0.29) is 12.8 Å². The molecule has 0 radical (unpaired) electrons. The number of amides is 2. The summed E-state index contributed by atoms with van der Waals surface area (Å²) in [4.78, 5) is 33.2. The second-order valence-electron chi connectivity index (χ2n) is 4.12. The van der Waals surface area contributed by atoms with E-state index in [1.807, 2.05) is 0 Å². The van der Waals surface area contributed by atoms with Crippen LogP contribution < -0.4 is 15.4 Å². The van der Waals surface area contributed by atoms with Gasteiger partial charge in [0.05, 0.1) is 12.8 Å². The van der Waals surface area contributed by atoms with Crippen LogP contribution in [0.3, 0.4) is 0 Å². The molecule has 0 spiro atoms. The van der Waals surface area contributed by atoms with Crippen molar-refractivity contribution in [2.45, 2.75) is 18.9 Å². The number of methoxy groups -OCH3 is 1. The van der Waals surface area contributed by atoms with E-state index in [0.29, 0.717) is 11.4 Å². The molecule has 0 aromatic heterocycles. The largest absolute Gasteiger partial charge is 0.495 e. The number of nitrogens with one attached hydrogen (secondary N) is 2. The molecule has 2 amide bonds. The summed E-state index contributed by atoms with van der Waals surface area (Å²) < 4.78 is 5.04. The predicted octanol–water partition coefficient (Wildman–Crippen LogP) is 1.13. The maximum Gasteiger partial charge on any atom is 0.326 e. The molecule has 0 saturated heterocycles. The topological polar surface area (TPSA) is 125 Å². The smallest absolute Gasteiger partial charge is 0.326 e. The number of carboxylic acid groups (broad SMARTS) is 2. The zero-order valence-electron chi connectivity index (χ0n) is 11.3. The Morgan fingerprint density at radius 1 is 1.24 bits per heavy atom. The van der Waals surface area contributed by atoms with Crippen molar-refractivity contribution in [2.24, 2.45) is 0 Å². The van der Waals surface area contributed by atoms with Crippen molar-refractivity contribution < 1.29 is 29.3 Å². The summed E-state index contributed by atoms with van der Waals surface area (Å²) in [5.74, 6) is -2.01. The zero-order chi connectivity index (χ0) is 15.8. The summed E-state index contributed by atoms with van der Waals surface area (Å²) in [6, 6.07) is 4.58. The average molecular weight is 296 g/mol. The molecule has 4 N–H and O–H groups in total. The first-order valence-electron chi connectivity index (χ1n) is 6.09. The van der Waals surface area contributed by atoms with E-state index in [1.165, 1.54) is 7.11 Å². The lowest BCUT2D eigenvalue weighted by molar-refractivity contribution is -0.140. The van der Waals surface area contributed by atoms with Crippen LogP contribution in [0.5, 0.6) is 5.75 Å². The molecule has 0 fully saturated rings. The summed E-state index contributed by atoms with van der Waals surface area (Å²) in [5.41, 5.74) is 0.375. The third kappa shape index (κ3) is 5.39. The number of carbonyl (C=O) groups excluding carboxylic acids is 1. The molecule has 1 atom stereocenters. The first kappa shape index (κ1) is 16.3. The first-order chi connectivity index (χ1) is 9.93. The van der Waals surface area contributed by atoms with Crippen LogP contribution in [0.2, 0.25) is 0 Å². The van der Waals surface area contributed by atoms with E-state index >= 15 is 0 Å². The van der Waals surface area contributed by atoms with E-state index in [0.717, 1.165) is 0 Å². The number of hydrogen-bond acceptors (Lipinski definition) is 4. The number of benzene rings is 1. The zero-order valence-corrected chi connectivity index (χ0v) is 11.3. The molecule has 0 aliphatic rings. The molecule has 1 aromatic carbocycles. The number of aliphatic carboxylic acids is 2. The van der Waals surface area contributed by atoms with Crippen molar-refractivity contribution in [1.82, 2.24) is 5.32 Å². The van der Waals surface area contributed by atoms with Crippen molar-refractivity contribution in [1.29, 1.82) is 0 Å². The molecule has 0 unspecified atom stereocenters. The van der Waals surface area contributed by atoms with Gasteiger partial charge in [0.2, 0.25) is 0 Å². The summed E-state index contributed by atoms with van der Waals surface area (Å²) in [5, 5.41) is 22.1. The fourth-order valence-electron chi connectivity index (χ4n) is 1.59. The lowest BCUT2D eigenvalue weighted by Gasteiger charge is -2.15. The van der Waals surface area contributed by atoms with Gasteiger partial charge in [0, 0.05) is 6.42 Å². The Balaban J connectivity index is 2.65. The van der Waals surface area contributed by atoms with Gasteiger partial charge in [-0.25, -0.2) is 9.59 Å². The van der Waals surface area contributed by atoms with Gasteiger partial charge in [-0.2, -0.15) is 0 Å². The molecule has 1 aromatic rings. The number of carbonyl (C=O) groups is 3. The average Bonchev–Trinajstić information content (AvgIpc) is 2.43. The van der Waals surface area contributed by atoms with Crippen molar-refractivity contribution >= 4 is 23.7 Å². The first-order valence-corrected chi connectivity index (χ1v) is 6.09. The fourth-order valence-corrected chi connectivity index (χ4v) is 1.59. The number of carboxylic acids is 2. The number of para-hydroxylation sites is 2. The normalized spacial score (nSPS) is 11.3. The second-order valence-corrected chi connectivity index (χ2v) is 4.12. The van der Waals surface area contributed by atoms with Gasteiger partial charge in [-0.05, 0) is 18.6 Å². The number of ether oxygens (including phenoxy) is 1. The van der Waals surface area contributed by atoms with E-state index in [4.69, 9.17) is 14.9 Å². The number of rotatable bonds is 7. The number of hydrogen-bond donors (Lipinski definition) is 4. The van der Waals surface area contributed by atoms with Crippen LogP contribution >= 0.6 is 0 Å². The van der Waals surface area contributed by atoms with Gasteiger partial charge in [0.15, 0.2) is 0 Å². The summed E-state index contributed by atoms with van der Waals surface area (Å²) in [7, 11) is 1.44. The standard InChI is InChI=1S/C13H16N2O6/c1-21-10-5-3-2-4-8(10)14-13(20)15-9(12(18)19)6-7-11(16)17/h2-5,9H,6-7H2,1H3,(H,16,17)(H,18,19)(H2,14,15,20)/t9-/m0/s1. The van der Waals surface area contributed by atoms with Gasteiger partial charge in [-0.1, -0.05) is 12.1 Å². The Morgan fingerprint density at radius 2 is 1.90 bits per heavy atom. The Labute approximate surface area is 120 Å². The molecular formula is C13H16N2O6. The van der Waals surface area contributed by atoms with Crippen molar-refractivity contribution in [3.63, 3.8) is 0 Å². The maximum absolute atomic E-state index is 11.8. The molecule has 21 heavy (non-hydrogen) atoms. The van der Waals surface area contributed by atoms with Gasteiger partial charge < -0.3 is 25.6 Å². The Morgan fingerprint density at radius 3 is 2.48 bits per heavy atom. The van der Waals surface area contributed by atoms with E-state index in [9.17, 15) is 14.4 Å². The third-order valence-electron chi connectivity index (χ3n) is 2.61. The summed E-state index contributed by atoms with van der Waals surface area (Å²) in [6.07, 6.45) is -0.560. The highest BCUT2D eigenvalue weighted by Crippen LogP contribution is 2.22. The van der Waals surface area contributed by atoms with Crippen molar-refractivity contribution in [2.75, 3.05) is 12.4 Å². The van der Waals surface area contributed by atoms with E-state index in [2.05, 4.69) is 10.6 Å². The number of anilines is 1. The van der Waals surface area contributed by atoms with E-state index < -0.39 is 24.0 Å². The molecule has 114 valence electrons. The molecule has 0 aliphatic carbocycles. The third-order valence-corrected chi connectivity index (χ3v) is 2.61. The van der Waals surface area contributed by atoms with Gasteiger partial charge >= 0.3 is 18.0 Å². The number of urea groups is 1. The highest BCUT2D eigenvalue weighted by atomic mass is 16.5. The van der Waals surface area contributed by atoms with E-state index in [1.54, 1.807) is 24.3 Å². The minimum Gasteiger partial charge on any atom is -0.495 e. The van der Waals surface area contributed by atoms with Crippen LogP contribution in [0.1, 0.15) is 12.8 Å². The molecule has 8 nitrogen and oxygen atoms in total. The quantitative estimate of drug-likeness (QED) is 0.598. The Kier molecular flexibility index (Phi) is 5.99. The van der Waals surface area contributed by atoms with Crippen LogP contribution in [0.15, 0.2) is 24.3 Å². The second kappa shape index (κ2) is 7.73.